The Labute approximate surface area is 246 Å². The summed E-state index contributed by atoms with van der Waals surface area (Å²) >= 11 is 0. The Morgan fingerprint density at radius 3 is 2.10 bits per heavy atom. The van der Waals surface area contributed by atoms with Gasteiger partial charge < -0.3 is 9.47 Å². The molecular formula is C38H46O3. The highest BCUT2D eigenvalue weighted by Gasteiger charge is 2.22. The third-order valence-electron chi connectivity index (χ3n) is 8.90. The van der Waals surface area contributed by atoms with Crippen LogP contribution in [0.25, 0.3) is 21.5 Å². The van der Waals surface area contributed by atoms with Gasteiger partial charge in [0.2, 0.25) is 0 Å². The van der Waals surface area contributed by atoms with Gasteiger partial charge in [0.25, 0.3) is 0 Å². The van der Waals surface area contributed by atoms with Crippen molar-refractivity contribution in [2.24, 2.45) is 5.92 Å². The standard InChI is InChI=1S/C38H46O3/c1-2-3-6-11-29-14-16-30(17-15-29)31-20-22-37(23-21-31)40-24-9-4-5-10-25-41-38(39)35-19-18-34-26-32-12-7-8-13-33(32)27-36(34)28-35/h7-8,12-13,18-23,26-30H,2-6,9-11,14-17,24-25H2,1H3. The Morgan fingerprint density at radius 1 is 0.683 bits per heavy atom. The largest absolute Gasteiger partial charge is 0.494 e. The van der Waals surface area contributed by atoms with E-state index in [0.29, 0.717) is 12.2 Å². The number of hydrogen-bond donors (Lipinski definition) is 0. The highest BCUT2D eigenvalue weighted by atomic mass is 16.5. The molecule has 1 aliphatic rings. The van der Waals surface area contributed by atoms with Crippen LogP contribution in [0.5, 0.6) is 5.75 Å². The zero-order chi connectivity index (χ0) is 28.3. The van der Waals surface area contributed by atoms with Crippen molar-refractivity contribution in [3.05, 3.63) is 90.0 Å². The molecule has 0 aliphatic heterocycles. The summed E-state index contributed by atoms with van der Waals surface area (Å²) in [4.78, 5) is 12.6. The molecule has 0 radical (unpaired) electrons. The Kier molecular flexibility index (Phi) is 10.7. The van der Waals surface area contributed by atoms with E-state index in [1.165, 1.54) is 67.7 Å². The van der Waals surface area contributed by atoms with Crippen molar-refractivity contribution in [2.45, 2.75) is 89.9 Å². The van der Waals surface area contributed by atoms with Gasteiger partial charge in [0, 0.05) is 0 Å². The Morgan fingerprint density at radius 2 is 1.37 bits per heavy atom. The maximum Gasteiger partial charge on any atom is 0.338 e. The molecule has 3 heteroatoms. The lowest BCUT2D eigenvalue weighted by molar-refractivity contribution is 0.0497. The average molecular weight is 551 g/mol. The summed E-state index contributed by atoms with van der Waals surface area (Å²) < 4.78 is 11.6. The molecule has 0 heterocycles. The molecule has 41 heavy (non-hydrogen) atoms. The zero-order valence-electron chi connectivity index (χ0n) is 24.8. The Bertz CT molecular complexity index is 1380. The Balaban J connectivity index is 0.944. The van der Waals surface area contributed by atoms with Crippen molar-refractivity contribution >= 4 is 27.5 Å². The zero-order valence-corrected chi connectivity index (χ0v) is 24.8. The van der Waals surface area contributed by atoms with Crippen molar-refractivity contribution in [3.63, 3.8) is 0 Å². The van der Waals surface area contributed by atoms with E-state index >= 15 is 0 Å². The minimum absolute atomic E-state index is 0.244. The van der Waals surface area contributed by atoms with Crippen LogP contribution in [-0.2, 0) is 4.74 Å². The first-order chi connectivity index (χ1) is 20.2. The molecular weight excluding hydrogens is 504 g/mol. The van der Waals surface area contributed by atoms with Gasteiger partial charge in [0.15, 0.2) is 0 Å². The summed E-state index contributed by atoms with van der Waals surface area (Å²) in [5.41, 5.74) is 2.10. The van der Waals surface area contributed by atoms with Gasteiger partial charge in [-0.05, 0) is 127 Å². The number of benzene rings is 4. The first kappa shape index (κ1) is 29.2. The molecule has 4 aromatic carbocycles. The average Bonchev–Trinajstić information content (AvgIpc) is 3.01. The van der Waals surface area contributed by atoms with E-state index in [9.17, 15) is 4.79 Å². The highest BCUT2D eigenvalue weighted by molar-refractivity contribution is 6.01. The lowest BCUT2D eigenvalue weighted by atomic mass is 9.77. The summed E-state index contributed by atoms with van der Waals surface area (Å²) in [5, 5.41) is 4.58. The molecule has 0 atom stereocenters. The highest BCUT2D eigenvalue weighted by Crippen LogP contribution is 2.38. The van der Waals surface area contributed by atoms with Crippen molar-refractivity contribution in [2.75, 3.05) is 13.2 Å². The fourth-order valence-corrected chi connectivity index (χ4v) is 6.37. The summed E-state index contributed by atoms with van der Waals surface area (Å²) in [6.45, 7) is 3.48. The maximum absolute atomic E-state index is 12.6. The lowest BCUT2D eigenvalue weighted by Crippen LogP contribution is -2.13. The van der Waals surface area contributed by atoms with E-state index in [1.807, 2.05) is 30.3 Å². The molecule has 0 unspecified atom stereocenters. The van der Waals surface area contributed by atoms with E-state index in [1.54, 1.807) is 0 Å². The third kappa shape index (κ3) is 8.35. The predicted octanol–water partition coefficient (Wildman–Crippen LogP) is 10.6. The van der Waals surface area contributed by atoms with Crippen molar-refractivity contribution < 1.29 is 14.3 Å². The number of carbonyl (C=O) groups is 1. The molecule has 0 saturated heterocycles. The van der Waals surface area contributed by atoms with Gasteiger partial charge in [-0.15, -0.1) is 0 Å². The fourth-order valence-electron chi connectivity index (χ4n) is 6.37. The third-order valence-corrected chi connectivity index (χ3v) is 8.90. The van der Waals surface area contributed by atoms with E-state index < -0.39 is 0 Å². The van der Waals surface area contributed by atoms with Gasteiger partial charge in [-0.3, -0.25) is 0 Å². The minimum Gasteiger partial charge on any atom is -0.494 e. The molecule has 216 valence electrons. The maximum atomic E-state index is 12.6. The molecule has 1 saturated carbocycles. The van der Waals surface area contributed by atoms with E-state index in [4.69, 9.17) is 9.47 Å². The second-order valence-corrected chi connectivity index (χ2v) is 11.9. The van der Waals surface area contributed by atoms with Crippen LogP contribution in [0.2, 0.25) is 0 Å². The summed E-state index contributed by atoms with van der Waals surface area (Å²) in [6.07, 6.45) is 15.0. The topological polar surface area (TPSA) is 35.5 Å². The van der Waals surface area contributed by atoms with Crippen molar-refractivity contribution in [1.82, 2.24) is 0 Å². The number of carbonyl (C=O) groups excluding carboxylic acids is 1. The molecule has 0 spiro atoms. The number of unbranched alkanes of at least 4 members (excludes halogenated alkanes) is 5. The SMILES string of the molecule is CCCCCC1CCC(c2ccc(OCCCCCCOC(=O)c3ccc4cc5ccccc5cc4c3)cc2)CC1. The van der Waals surface area contributed by atoms with Gasteiger partial charge in [0.1, 0.15) is 5.75 Å². The first-order valence-electron chi connectivity index (χ1n) is 16.0. The number of ether oxygens (including phenoxy) is 2. The van der Waals surface area contributed by atoms with Gasteiger partial charge >= 0.3 is 5.97 Å². The van der Waals surface area contributed by atoms with Gasteiger partial charge in [-0.1, -0.05) is 75.1 Å². The number of rotatable bonds is 14. The van der Waals surface area contributed by atoms with Gasteiger partial charge in [-0.25, -0.2) is 4.79 Å². The van der Waals surface area contributed by atoms with Crippen molar-refractivity contribution in [1.29, 1.82) is 0 Å². The van der Waals surface area contributed by atoms with Gasteiger partial charge in [-0.2, -0.15) is 0 Å². The van der Waals surface area contributed by atoms with Crippen molar-refractivity contribution in [3.8, 4) is 5.75 Å². The lowest BCUT2D eigenvalue weighted by Gasteiger charge is -2.29. The first-order valence-corrected chi connectivity index (χ1v) is 16.0. The molecule has 0 bridgehead atoms. The summed E-state index contributed by atoms with van der Waals surface area (Å²) in [7, 11) is 0. The van der Waals surface area contributed by atoms with E-state index in [2.05, 4.69) is 55.5 Å². The quantitative estimate of drug-likeness (QED) is 0.0890. The van der Waals surface area contributed by atoms with Crippen LogP contribution in [0.4, 0.5) is 0 Å². The number of fused-ring (bicyclic) bond motifs is 2. The molecule has 0 amide bonds. The summed E-state index contributed by atoms with van der Waals surface area (Å²) in [6, 6.07) is 27.3. The Hall–Kier alpha value is -3.33. The van der Waals surface area contributed by atoms with E-state index in [-0.39, 0.29) is 5.97 Å². The fraction of sp³-hybridized carbons (Fsp3) is 0.447. The van der Waals surface area contributed by atoms with Crippen LogP contribution < -0.4 is 4.74 Å². The molecule has 5 rings (SSSR count). The van der Waals surface area contributed by atoms with Crippen LogP contribution >= 0.6 is 0 Å². The van der Waals surface area contributed by atoms with Crippen LogP contribution in [0.15, 0.2) is 78.9 Å². The molecule has 1 aliphatic carbocycles. The smallest absolute Gasteiger partial charge is 0.338 e. The van der Waals surface area contributed by atoms with E-state index in [0.717, 1.165) is 60.6 Å². The minimum atomic E-state index is -0.244. The normalized spacial score (nSPS) is 17.1. The predicted molar refractivity (Wildman–Crippen MR) is 171 cm³/mol. The number of esters is 1. The van der Waals surface area contributed by atoms with Crippen LogP contribution in [-0.4, -0.2) is 19.2 Å². The van der Waals surface area contributed by atoms with Crippen LogP contribution in [0.1, 0.15) is 106 Å². The monoisotopic (exact) mass is 550 g/mol. The molecule has 1 fully saturated rings. The summed E-state index contributed by atoms with van der Waals surface area (Å²) in [5.74, 6) is 2.41. The second-order valence-electron chi connectivity index (χ2n) is 11.9. The number of hydrogen-bond acceptors (Lipinski definition) is 3. The van der Waals surface area contributed by atoms with Crippen LogP contribution in [0.3, 0.4) is 0 Å². The van der Waals surface area contributed by atoms with Crippen LogP contribution in [0, 0.1) is 5.92 Å². The molecule has 0 N–H and O–H groups in total. The molecule has 0 aromatic heterocycles. The molecule has 3 nitrogen and oxygen atoms in total. The molecule has 4 aromatic rings. The van der Waals surface area contributed by atoms with Gasteiger partial charge in [0.05, 0.1) is 18.8 Å². The second kappa shape index (κ2) is 15.1.